The summed E-state index contributed by atoms with van der Waals surface area (Å²) >= 11 is 7.07. The fourth-order valence-corrected chi connectivity index (χ4v) is 2.85. The number of rotatable bonds is 8. The molecule has 134 valence electrons. The lowest BCUT2D eigenvalue weighted by molar-refractivity contribution is -0.121. The normalized spacial score (nSPS) is 10.7. The molecule has 2 aromatic rings. The molecule has 0 spiro atoms. The minimum Gasteiger partial charge on any atom is -0.355 e. The van der Waals surface area contributed by atoms with E-state index in [0.29, 0.717) is 35.1 Å². The van der Waals surface area contributed by atoms with Crippen LogP contribution in [0.15, 0.2) is 24.3 Å². The van der Waals surface area contributed by atoms with Gasteiger partial charge in [-0.25, -0.2) is 0 Å². The molecule has 2 N–H and O–H groups in total. The van der Waals surface area contributed by atoms with Crippen molar-refractivity contribution in [3.8, 4) is 0 Å². The van der Waals surface area contributed by atoms with Gasteiger partial charge in [0.2, 0.25) is 10.9 Å². The first-order chi connectivity index (χ1) is 11.9. The molecule has 1 aromatic carbocycles. The summed E-state index contributed by atoms with van der Waals surface area (Å²) in [7, 11) is 3.90. The van der Waals surface area contributed by atoms with Crippen molar-refractivity contribution in [3.63, 3.8) is 0 Å². The first-order valence-electron chi connectivity index (χ1n) is 7.75. The maximum Gasteiger partial charge on any atom is 0.286 e. The quantitative estimate of drug-likeness (QED) is 0.730. The molecular weight excluding hydrogens is 362 g/mol. The van der Waals surface area contributed by atoms with Crippen LogP contribution in [0.1, 0.15) is 21.2 Å². The van der Waals surface area contributed by atoms with Crippen LogP contribution >= 0.6 is 22.9 Å². The Morgan fingerprint density at radius 2 is 2.08 bits per heavy atom. The average Bonchev–Trinajstić information content (AvgIpc) is 3.02. The largest absolute Gasteiger partial charge is 0.355 e. The number of halogens is 1. The van der Waals surface area contributed by atoms with Gasteiger partial charge in [-0.1, -0.05) is 29.0 Å². The van der Waals surface area contributed by atoms with Gasteiger partial charge in [0, 0.05) is 36.6 Å². The number of hydrogen-bond donors (Lipinski definition) is 2. The number of anilines is 1. The molecule has 2 rings (SSSR count). The highest BCUT2D eigenvalue weighted by Crippen LogP contribution is 2.17. The predicted molar refractivity (Wildman–Crippen MR) is 99.2 cm³/mol. The van der Waals surface area contributed by atoms with Gasteiger partial charge in [-0.05, 0) is 32.3 Å². The lowest BCUT2D eigenvalue weighted by Gasteiger charge is -2.09. The molecule has 0 saturated carbocycles. The summed E-state index contributed by atoms with van der Waals surface area (Å²) < 4.78 is 0. The first-order valence-corrected chi connectivity index (χ1v) is 8.94. The number of amides is 2. The third kappa shape index (κ3) is 6.77. The fraction of sp³-hybridized carbons (Fsp3) is 0.375. The number of carbonyl (C=O) groups is 2. The van der Waals surface area contributed by atoms with Gasteiger partial charge >= 0.3 is 0 Å². The Balaban J connectivity index is 1.81. The molecule has 0 aliphatic carbocycles. The molecule has 2 amide bonds. The Bertz CT molecular complexity index is 735. The summed E-state index contributed by atoms with van der Waals surface area (Å²) in [5.41, 5.74) is 0.592. The summed E-state index contributed by atoms with van der Waals surface area (Å²) in [6, 6.07) is 6.87. The Kier molecular flexibility index (Phi) is 7.30. The first kappa shape index (κ1) is 19.3. The van der Waals surface area contributed by atoms with E-state index in [0.717, 1.165) is 6.54 Å². The standard InChI is InChI=1S/C16H20ClN5O2S/c1-22(2)9-8-18-13(23)6-7-14-20-21-16(25-14)15(24)19-12-5-3-4-11(17)10-12/h3-5,10H,6-9H2,1-2H3,(H,18,23)(H,19,24). The van der Waals surface area contributed by atoms with Crippen LogP contribution in [-0.2, 0) is 11.2 Å². The molecule has 0 radical (unpaired) electrons. The molecule has 25 heavy (non-hydrogen) atoms. The maximum atomic E-state index is 12.2. The van der Waals surface area contributed by atoms with Crippen LogP contribution in [-0.4, -0.2) is 54.1 Å². The van der Waals surface area contributed by atoms with Gasteiger partial charge in [0.25, 0.3) is 5.91 Å². The Hall–Kier alpha value is -2.03. The minimum atomic E-state index is -0.346. The molecule has 0 atom stereocenters. The third-order valence-electron chi connectivity index (χ3n) is 3.19. The van der Waals surface area contributed by atoms with Gasteiger partial charge in [0.05, 0.1) is 0 Å². The van der Waals surface area contributed by atoms with E-state index < -0.39 is 0 Å². The second kappa shape index (κ2) is 9.45. The van der Waals surface area contributed by atoms with Gasteiger partial charge in [0.15, 0.2) is 0 Å². The topological polar surface area (TPSA) is 87.2 Å². The lowest BCUT2D eigenvalue weighted by Crippen LogP contribution is -2.31. The van der Waals surface area contributed by atoms with Gasteiger partial charge in [0.1, 0.15) is 5.01 Å². The number of aryl methyl sites for hydroxylation is 1. The number of benzene rings is 1. The molecule has 0 bridgehead atoms. The maximum absolute atomic E-state index is 12.2. The molecule has 0 aliphatic heterocycles. The summed E-state index contributed by atoms with van der Waals surface area (Å²) in [5.74, 6) is -0.386. The highest BCUT2D eigenvalue weighted by Gasteiger charge is 2.14. The molecule has 0 aliphatic rings. The van der Waals surface area contributed by atoms with Gasteiger partial charge in [-0.2, -0.15) is 0 Å². The van der Waals surface area contributed by atoms with E-state index in [2.05, 4.69) is 20.8 Å². The van der Waals surface area contributed by atoms with Crippen LogP contribution in [0, 0.1) is 0 Å². The van der Waals surface area contributed by atoms with E-state index in [4.69, 9.17) is 11.6 Å². The molecule has 9 heteroatoms. The van der Waals surface area contributed by atoms with Crippen LogP contribution in [0.5, 0.6) is 0 Å². The number of nitrogens with zero attached hydrogens (tertiary/aromatic N) is 3. The summed E-state index contributed by atoms with van der Waals surface area (Å²) in [6.45, 7) is 1.40. The SMILES string of the molecule is CN(C)CCNC(=O)CCc1nnc(C(=O)Nc2cccc(Cl)c2)s1. The zero-order chi connectivity index (χ0) is 18.2. The van der Waals surface area contributed by atoms with E-state index in [9.17, 15) is 9.59 Å². The number of likely N-dealkylation sites (N-methyl/N-ethyl adjacent to an activating group) is 1. The Morgan fingerprint density at radius 1 is 1.28 bits per heavy atom. The van der Waals surface area contributed by atoms with Crippen molar-refractivity contribution in [3.05, 3.63) is 39.3 Å². The van der Waals surface area contributed by atoms with Crippen molar-refractivity contribution in [2.24, 2.45) is 0 Å². The van der Waals surface area contributed by atoms with Crippen molar-refractivity contribution in [2.75, 3.05) is 32.5 Å². The molecule has 1 aromatic heterocycles. The lowest BCUT2D eigenvalue weighted by atomic mass is 10.3. The number of nitrogens with one attached hydrogen (secondary N) is 2. The van der Waals surface area contributed by atoms with Crippen molar-refractivity contribution < 1.29 is 9.59 Å². The van der Waals surface area contributed by atoms with Gasteiger partial charge < -0.3 is 15.5 Å². The van der Waals surface area contributed by atoms with E-state index in [1.165, 1.54) is 11.3 Å². The number of aromatic nitrogens is 2. The fourth-order valence-electron chi connectivity index (χ4n) is 1.92. The third-order valence-corrected chi connectivity index (χ3v) is 4.41. The molecule has 0 fully saturated rings. The molecule has 1 heterocycles. The summed E-state index contributed by atoms with van der Waals surface area (Å²) in [5, 5.41) is 14.8. The van der Waals surface area contributed by atoms with Crippen LogP contribution in [0.2, 0.25) is 5.02 Å². The van der Waals surface area contributed by atoms with Crippen LogP contribution < -0.4 is 10.6 Å². The summed E-state index contributed by atoms with van der Waals surface area (Å²) in [6.07, 6.45) is 0.772. The van der Waals surface area contributed by atoms with Crippen molar-refractivity contribution in [2.45, 2.75) is 12.8 Å². The van der Waals surface area contributed by atoms with Crippen molar-refractivity contribution in [1.82, 2.24) is 20.4 Å². The zero-order valence-corrected chi connectivity index (χ0v) is 15.7. The van der Waals surface area contributed by atoms with Crippen molar-refractivity contribution >= 4 is 40.4 Å². The molecular formula is C16H20ClN5O2S. The Morgan fingerprint density at radius 3 is 2.80 bits per heavy atom. The average molecular weight is 382 g/mol. The number of hydrogen-bond acceptors (Lipinski definition) is 6. The highest BCUT2D eigenvalue weighted by molar-refractivity contribution is 7.13. The second-order valence-electron chi connectivity index (χ2n) is 5.62. The number of carbonyl (C=O) groups excluding carboxylic acids is 2. The zero-order valence-electron chi connectivity index (χ0n) is 14.1. The molecule has 0 saturated heterocycles. The van der Waals surface area contributed by atoms with Crippen molar-refractivity contribution in [1.29, 1.82) is 0 Å². The van der Waals surface area contributed by atoms with Crippen LogP contribution in [0.4, 0.5) is 5.69 Å². The van der Waals surface area contributed by atoms with Gasteiger partial charge in [-0.15, -0.1) is 10.2 Å². The Labute approximate surface area is 155 Å². The van der Waals surface area contributed by atoms with E-state index >= 15 is 0 Å². The molecule has 7 nitrogen and oxygen atoms in total. The monoisotopic (exact) mass is 381 g/mol. The van der Waals surface area contributed by atoms with E-state index in [1.807, 2.05) is 19.0 Å². The highest BCUT2D eigenvalue weighted by atomic mass is 35.5. The van der Waals surface area contributed by atoms with Gasteiger partial charge in [-0.3, -0.25) is 9.59 Å². The van der Waals surface area contributed by atoms with E-state index in [-0.39, 0.29) is 16.8 Å². The van der Waals surface area contributed by atoms with Crippen LogP contribution in [0.25, 0.3) is 0 Å². The smallest absolute Gasteiger partial charge is 0.286 e. The van der Waals surface area contributed by atoms with E-state index in [1.54, 1.807) is 24.3 Å². The second-order valence-corrected chi connectivity index (χ2v) is 7.12. The molecule has 0 unspecified atom stereocenters. The summed E-state index contributed by atoms with van der Waals surface area (Å²) in [4.78, 5) is 25.9. The minimum absolute atomic E-state index is 0.0398. The van der Waals surface area contributed by atoms with Crippen LogP contribution in [0.3, 0.4) is 0 Å². The predicted octanol–water partition coefficient (Wildman–Crippen LogP) is 2.05.